The first-order chi connectivity index (χ1) is 8.56. The van der Waals surface area contributed by atoms with E-state index in [2.05, 4.69) is 10.1 Å². The van der Waals surface area contributed by atoms with Crippen molar-refractivity contribution >= 4 is 5.95 Å². The van der Waals surface area contributed by atoms with Gasteiger partial charge in [-0.05, 0) is 17.4 Å². The molecular formula is C11H12N4O3. The highest BCUT2D eigenvalue weighted by Crippen LogP contribution is 2.15. The molecule has 1 N–H and O–H groups in total. The summed E-state index contributed by atoms with van der Waals surface area (Å²) < 4.78 is 1.25. The second kappa shape index (κ2) is 4.92. The molecule has 1 unspecified atom stereocenters. The Morgan fingerprint density at radius 3 is 2.67 bits per heavy atom. The van der Waals surface area contributed by atoms with Crippen LogP contribution in [0.1, 0.15) is 17.2 Å². The monoisotopic (exact) mass is 248 g/mol. The molecule has 2 rings (SSSR count). The number of hydrogen-bond donors (Lipinski definition) is 1. The molecular weight excluding hydrogens is 236 g/mol. The third-order valence-corrected chi connectivity index (χ3v) is 2.51. The van der Waals surface area contributed by atoms with Crippen molar-refractivity contribution < 1.29 is 10.0 Å². The van der Waals surface area contributed by atoms with Gasteiger partial charge in [-0.3, -0.25) is 0 Å². The predicted molar refractivity (Wildman–Crippen MR) is 62.8 cm³/mol. The van der Waals surface area contributed by atoms with Gasteiger partial charge in [0.05, 0.1) is 12.6 Å². The highest BCUT2D eigenvalue weighted by Gasteiger charge is 2.16. The number of aromatic nitrogens is 3. The summed E-state index contributed by atoms with van der Waals surface area (Å²) >= 11 is 0. The van der Waals surface area contributed by atoms with E-state index in [0.717, 1.165) is 11.1 Å². The summed E-state index contributed by atoms with van der Waals surface area (Å²) in [5, 5.41) is 24.0. The maximum atomic E-state index is 10.4. The Bertz CT molecular complexity index is 550. The molecule has 1 heterocycles. The number of hydrogen-bond acceptors (Lipinski definition) is 5. The molecule has 0 amide bonds. The lowest BCUT2D eigenvalue weighted by molar-refractivity contribution is -0.394. The van der Waals surface area contributed by atoms with E-state index in [9.17, 15) is 15.2 Å². The van der Waals surface area contributed by atoms with E-state index in [1.165, 1.54) is 11.0 Å². The van der Waals surface area contributed by atoms with Crippen LogP contribution in [0.3, 0.4) is 0 Å². The van der Waals surface area contributed by atoms with Crippen LogP contribution in [-0.4, -0.2) is 24.8 Å². The molecule has 1 aromatic heterocycles. The van der Waals surface area contributed by atoms with E-state index in [4.69, 9.17) is 0 Å². The minimum Gasteiger partial charge on any atom is -0.390 e. The van der Waals surface area contributed by atoms with Gasteiger partial charge in [0.2, 0.25) is 6.33 Å². The second-order valence-corrected chi connectivity index (χ2v) is 3.95. The molecule has 0 spiro atoms. The van der Waals surface area contributed by atoms with Crippen molar-refractivity contribution in [3.63, 3.8) is 0 Å². The molecule has 0 saturated carbocycles. The highest BCUT2D eigenvalue weighted by molar-refractivity contribution is 5.22. The van der Waals surface area contributed by atoms with Crippen LogP contribution in [0.5, 0.6) is 0 Å². The molecule has 7 heteroatoms. The fourth-order valence-electron chi connectivity index (χ4n) is 1.53. The topological polar surface area (TPSA) is 94.1 Å². The van der Waals surface area contributed by atoms with Gasteiger partial charge in [0.25, 0.3) is 0 Å². The van der Waals surface area contributed by atoms with Crippen molar-refractivity contribution in [2.24, 2.45) is 0 Å². The Hall–Kier alpha value is -2.28. The molecule has 0 radical (unpaired) electrons. The van der Waals surface area contributed by atoms with Gasteiger partial charge in [-0.2, -0.15) is 4.68 Å². The maximum absolute atomic E-state index is 10.4. The molecule has 0 saturated heterocycles. The van der Waals surface area contributed by atoms with Crippen molar-refractivity contribution in [3.8, 4) is 0 Å². The van der Waals surface area contributed by atoms with Crippen LogP contribution in [0.4, 0.5) is 5.95 Å². The lowest BCUT2D eigenvalue weighted by Crippen LogP contribution is -2.09. The maximum Gasteiger partial charge on any atom is 0.490 e. The Labute approximate surface area is 103 Å². The molecule has 0 aliphatic rings. The summed E-state index contributed by atoms with van der Waals surface area (Å²) in [6.07, 6.45) is 0.460. The first-order valence-electron chi connectivity index (χ1n) is 5.35. The Kier molecular flexibility index (Phi) is 3.33. The van der Waals surface area contributed by atoms with Crippen molar-refractivity contribution in [3.05, 3.63) is 51.8 Å². The number of rotatable bonds is 4. The van der Waals surface area contributed by atoms with Gasteiger partial charge in [0, 0.05) is 5.10 Å². The SMILES string of the molecule is Cc1ccc(C(O)Cn2cnc([N+](=O)[O-])n2)cc1. The highest BCUT2D eigenvalue weighted by atomic mass is 16.6. The van der Waals surface area contributed by atoms with E-state index < -0.39 is 17.0 Å². The lowest BCUT2D eigenvalue weighted by Gasteiger charge is -2.09. The van der Waals surface area contributed by atoms with Gasteiger partial charge >= 0.3 is 5.95 Å². The zero-order chi connectivity index (χ0) is 13.1. The van der Waals surface area contributed by atoms with Crippen LogP contribution in [0, 0.1) is 17.0 Å². The number of aryl methyl sites for hydroxylation is 1. The molecule has 1 aromatic carbocycles. The zero-order valence-corrected chi connectivity index (χ0v) is 9.72. The van der Waals surface area contributed by atoms with Crippen LogP contribution >= 0.6 is 0 Å². The lowest BCUT2D eigenvalue weighted by atomic mass is 10.1. The quantitative estimate of drug-likeness (QED) is 0.648. The third-order valence-electron chi connectivity index (χ3n) is 2.51. The van der Waals surface area contributed by atoms with Crippen molar-refractivity contribution in [1.29, 1.82) is 0 Å². The summed E-state index contributed by atoms with van der Waals surface area (Å²) in [5.41, 5.74) is 1.83. The summed E-state index contributed by atoms with van der Waals surface area (Å²) in [6.45, 7) is 2.08. The molecule has 2 aromatic rings. The smallest absolute Gasteiger partial charge is 0.390 e. The average molecular weight is 248 g/mol. The average Bonchev–Trinajstić information content (AvgIpc) is 2.78. The standard InChI is InChI=1S/C11H12N4O3/c1-8-2-4-9(5-3-8)10(16)6-14-7-12-11(13-14)15(17)18/h2-5,7,10,16H,6H2,1H3. The third kappa shape index (κ3) is 2.69. The fourth-order valence-corrected chi connectivity index (χ4v) is 1.53. The molecule has 94 valence electrons. The minimum atomic E-state index is -0.771. The number of aliphatic hydroxyl groups is 1. The molecule has 18 heavy (non-hydrogen) atoms. The van der Waals surface area contributed by atoms with Crippen LogP contribution in [0.2, 0.25) is 0 Å². The molecule has 1 atom stereocenters. The van der Waals surface area contributed by atoms with Crippen LogP contribution in [-0.2, 0) is 6.54 Å². The van der Waals surface area contributed by atoms with Gasteiger partial charge in [-0.15, -0.1) is 0 Å². The first kappa shape index (κ1) is 12.2. The molecule has 0 bridgehead atoms. The number of nitro groups is 1. The summed E-state index contributed by atoms with van der Waals surface area (Å²) in [5.74, 6) is -0.467. The van der Waals surface area contributed by atoms with Crippen molar-refractivity contribution in [1.82, 2.24) is 14.8 Å². The molecule has 0 fully saturated rings. The van der Waals surface area contributed by atoms with E-state index in [1.807, 2.05) is 31.2 Å². The van der Waals surface area contributed by atoms with Crippen LogP contribution in [0.15, 0.2) is 30.6 Å². The second-order valence-electron chi connectivity index (χ2n) is 3.95. The zero-order valence-electron chi connectivity index (χ0n) is 9.72. The van der Waals surface area contributed by atoms with E-state index in [-0.39, 0.29) is 6.54 Å². The van der Waals surface area contributed by atoms with Crippen molar-refractivity contribution in [2.45, 2.75) is 19.6 Å². The summed E-state index contributed by atoms with van der Waals surface area (Å²) in [7, 11) is 0. The van der Waals surface area contributed by atoms with Crippen molar-refractivity contribution in [2.75, 3.05) is 0 Å². The van der Waals surface area contributed by atoms with Gasteiger partial charge in [-0.1, -0.05) is 34.8 Å². The molecule has 7 nitrogen and oxygen atoms in total. The number of nitrogens with zero attached hydrogens (tertiary/aromatic N) is 4. The first-order valence-corrected chi connectivity index (χ1v) is 5.35. The predicted octanol–water partition coefficient (Wildman–Crippen LogP) is 1.23. The Morgan fingerprint density at radius 2 is 2.11 bits per heavy atom. The van der Waals surface area contributed by atoms with E-state index >= 15 is 0 Å². The fraction of sp³-hybridized carbons (Fsp3) is 0.273. The van der Waals surface area contributed by atoms with Gasteiger partial charge in [0.1, 0.15) is 0 Å². The van der Waals surface area contributed by atoms with Gasteiger partial charge in [0.15, 0.2) is 0 Å². The van der Waals surface area contributed by atoms with E-state index in [1.54, 1.807) is 0 Å². The largest absolute Gasteiger partial charge is 0.490 e. The molecule has 0 aliphatic heterocycles. The Morgan fingerprint density at radius 1 is 1.44 bits per heavy atom. The summed E-state index contributed by atoms with van der Waals surface area (Å²) in [6, 6.07) is 7.40. The van der Waals surface area contributed by atoms with Gasteiger partial charge < -0.3 is 15.2 Å². The van der Waals surface area contributed by atoms with Crippen LogP contribution in [0.25, 0.3) is 0 Å². The van der Waals surface area contributed by atoms with Gasteiger partial charge in [-0.25, -0.2) is 0 Å². The molecule has 0 aliphatic carbocycles. The van der Waals surface area contributed by atoms with E-state index in [0.29, 0.717) is 0 Å². The van der Waals surface area contributed by atoms with Crippen LogP contribution < -0.4 is 0 Å². The normalized spacial score (nSPS) is 12.3. The summed E-state index contributed by atoms with van der Waals surface area (Å²) in [4.78, 5) is 13.3. The minimum absolute atomic E-state index is 0.129. The number of benzene rings is 1. The number of aliphatic hydroxyl groups excluding tert-OH is 1. The Balaban J connectivity index is 2.08.